The predicted molar refractivity (Wildman–Crippen MR) is 140 cm³/mol. The second-order valence-electron chi connectivity index (χ2n) is 9.16. The van der Waals surface area contributed by atoms with Gasteiger partial charge in [0.25, 0.3) is 0 Å². The van der Waals surface area contributed by atoms with Crippen LogP contribution in [0.5, 0.6) is 0 Å². The van der Waals surface area contributed by atoms with E-state index >= 15 is 0 Å². The first-order valence-corrected chi connectivity index (χ1v) is 12.7. The van der Waals surface area contributed by atoms with Crippen LogP contribution in [0.15, 0.2) is 48.5 Å². The van der Waals surface area contributed by atoms with E-state index in [0.29, 0.717) is 29.2 Å². The van der Waals surface area contributed by atoms with Crippen LogP contribution in [0.1, 0.15) is 25.3 Å². The lowest BCUT2D eigenvalue weighted by Crippen LogP contribution is -2.47. The molecule has 8 nitrogen and oxygen atoms in total. The van der Waals surface area contributed by atoms with Gasteiger partial charge in [-0.1, -0.05) is 24.3 Å². The highest BCUT2D eigenvalue weighted by molar-refractivity contribution is 7.71. The number of amides is 2. The van der Waals surface area contributed by atoms with Gasteiger partial charge in [-0.15, -0.1) is 0 Å². The molecule has 3 heterocycles. The van der Waals surface area contributed by atoms with E-state index in [9.17, 15) is 14.0 Å². The Bertz CT molecular complexity index is 1340. The molecule has 2 aromatic carbocycles. The highest BCUT2D eigenvalue weighted by Crippen LogP contribution is 2.33. The van der Waals surface area contributed by atoms with Crippen molar-refractivity contribution in [2.45, 2.75) is 25.3 Å². The minimum Gasteiger partial charge on any atom is -0.367 e. The minimum absolute atomic E-state index is 0.0825. The Labute approximate surface area is 214 Å². The zero-order chi connectivity index (χ0) is 25.1. The zero-order valence-corrected chi connectivity index (χ0v) is 20.8. The number of nitrogens with one attached hydrogen (secondary N) is 2. The molecule has 0 spiro atoms. The van der Waals surface area contributed by atoms with Gasteiger partial charge in [0.1, 0.15) is 17.7 Å². The molecule has 36 heavy (non-hydrogen) atoms. The molecular formula is C26H29FN6O2S. The number of carbonyl (C=O) groups is 2. The number of piperazine rings is 1. The summed E-state index contributed by atoms with van der Waals surface area (Å²) in [6.07, 6.45) is 1.42. The SMILES string of the molecule is O=C(CCC1C(=O)Nc2c3ccccc3nc(=S)n21)NCCCN1CCN(c2ccccc2F)CC1. The monoisotopic (exact) mass is 508 g/mol. The van der Waals surface area contributed by atoms with Crippen LogP contribution >= 0.6 is 12.2 Å². The maximum absolute atomic E-state index is 14.0. The molecule has 1 unspecified atom stereocenters. The summed E-state index contributed by atoms with van der Waals surface area (Å²) in [6, 6.07) is 13.9. The van der Waals surface area contributed by atoms with E-state index in [0.717, 1.165) is 50.0 Å². The average molecular weight is 509 g/mol. The Hall–Kier alpha value is -3.37. The molecule has 2 aliphatic heterocycles. The lowest BCUT2D eigenvalue weighted by molar-refractivity contribution is -0.122. The molecule has 0 bridgehead atoms. The molecule has 1 saturated heterocycles. The maximum Gasteiger partial charge on any atom is 0.248 e. The Balaban J connectivity index is 1.05. The summed E-state index contributed by atoms with van der Waals surface area (Å²) < 4.78 is 16.1. The molecule has 0 aliphatic carbocycles. The second-order valence-corrected chi connectivity index (χ2v) is 9.52. The summed E-state index contributed by atoms with van der Waals surface area (Å²) in [6.45, 7) is 4.74. The summed E-state index contributed by atoms with van der Waals surface area (Å²) in [4.78, 5) is 34.0. The largest absolute Gasteiger partial charge is 0.367 e. The van der Waals surface area contributed by atoms with E-state index < -0.39 is 6.04 Å². The van der Waals surface area contributed by atoms with Crippen LogP contribution in [-0.2, 0) is 9.59 Å². The minimum atomic E-state index is -0.541. The van der Waals surface area contributed by atoms with Crippen molar-refractivity contribution in [3.63, 3.8) is 0 Å². The molecule has 10 heteroatoms. The molecule has 188 valence electrons. The number of aromatic nitrogens is 2. The van der Waals surface area contributed by atoms with Crippen LogP contribution in [0, 0.1) is 10.6 Å². The van der Waals surface area contributed by atoms with E-state index in [4.69, 9.17) is 12.2 Å². The molecule has 1 fully saturated rings. The van der Waals surface area contributed by atoms with Crippen LogP contribution in [0.4, 0.5) is 15.9 Å². The fourth-order valence-corrected chi connectivity index (χ4v) is 5.27. The number of nitrogens with zero attached hydrogens (tertiary/aromatic N) is 4. The molecule has 2 N–H and O–H groups in total. The van der Waals surface area contributed by atoms with Crippen molar-refractivity contribution in [2.24, 2.45) is 0 Å². The third-order valence-electron chi connectivity index (χ3n) is 6.86. The molecule has 2 amide bonds. The summed E-state index contributed by atoms with van der Waals surface area (Å²) in [5.74, 6) is 0.220. The number of carbonyl (C=O) groups excluding carboxylic acids is 2. The third-order valence-corrected chi connectivity index (χ3v) is 7.15. The summed E-state index contributed by atoms with van der Waals surface area (Å²) >= 11 is 5.44. The van der Waals surface area contributed by atoms with Crippen LogP contribution < -0.4 is 15.5 Å². The lowest BCUT2D eigenvalue weighted by Gasteiger charge is -2.36. The smallest absolute Gasteiger partial charge is 0.248 e. The normalized spacial score (nSPS) is 17.8. The molecule has 3 aromatic rings. The zero-order valence-electron chi connectivity index (χ0n) is 20.0. The van der Waals surface area contributed by atoms with Crippen LogP contribution in [0.3, 0.4) is 0 Å². The average Bonchev–Trinajstić information content (AvgIpc) is 3.23. The van der Waals surface area contributed by atoms with Gasteiger partial charge in [0.2, 0.25) is 16.6 Å². The number of hydrogen-bond acceptors (Lipinski definition) is 6. The first-order valence-electron chi connectivity index (χ1n) is 12.3. The number of para-hydroxylation sites is 2. The lowest BCUT2D eigenvalue weighted by atomic mass is 10.1. The fourth-order valence-electron chi connectivity index (χ4n) is 4.96. The molecule has 0 radical (unpaired) electrons. The van der Waals surface area contributed by atoms with E-state index in [1.807, 2.05) is 36.4 Å². The Morgan fingerprint density at radius 2 is 1.86 bits per heavy atom. The van der Waals surface area contributed by atoms with Gasteiger partial charge in [-0.25, -0.2) is 9.37 Å². The predicted octanol–water partition coefficient (Wildman–Crippen LogP) is 3.51. The summed E-state index contributed by atoms with van der Waals surface area (Å²) in [5.41, 5.74) is 1.40. The van der Waals surface area contributed by atoms with Crippen LogP contribution in [-0.4, -0.2) is 65.5 Å². The van der Waals surface area contributed by atoms with E-state index in [1.165, 1.54) is 6.07 Å². The number of halogens is 1. The van der Waals surface area contributed by atoms with Gasteiger partial charge in [0.15, 0.2) is 0 Å². The molecule has 1 aromatic heterocycles. The molecule has 5 rings (SSSR count). The number of rotatable bonds is 8. The summed E-state index contributed by atoms with van der Waals surface area (Å²) in [5, 5.41) is 6.71. The topological polar surface area (TPSA) is 82.5 Å². The quantitative estimate of drug-likeness (QED) is 0.358. The standard InChI is InChI=1S/C26H29FN6O2S/c27-19-7-2-4-9-21(19)32-16-14-31(15-17-32)13-5-12-28-23(34)11-10-22-25(35)30-24-18-6-1-3-8-20(18)29-26(36)33(22)24/h1-4,6-9,22H,5,10-17H2,(H,28,34)(H,30,35). The molecule has 0 saturated carbocycles. The van der Waals surface area contributed by atoms with Gasteiger partial charge < -0.3 is 15.5 Å². The second kappa shape index (κ2) is 10.7. The maximum atomic E-state index is 14.0. The van der Waals surface area contributed by atoms with Gasteiger partial charge >= 0.3 is 0 Å². The van der Waals surface area contributed by atoms with Crippen LogP contribution in [0.2, 0.25) is 0 Å². The Morgan fingerprint density at radius 3 is 2.67 bits per heavy atom. The fraction of sp³-hybridized carbons (Fsp3) is 0.385. The van der Waals surface area contributed by atoms with Gasteiger partial charge in [-0.3, -0.25) is 19.1 Å². The summed E-state index contributed by atoms with van der Waals surface area (Å²) in [7, 11) is 0. The Kier molecular flexibility index (Phi) is 7.24. The van der Waals surface area contributed by atoms with E-state index in [2.05, 4.69) is 25.4 Å². The van der Waals surface area contributed by atoms with Crippen molar-refractivity contribution < 1.29 is 14.0 Å². The number of anilines is 2. The highest BCUT2D eigenvalue weighted by Gasteiger charge is 2.32. The van der Waals surface area contributed by atoms with Crippen molar-refractivity contribution in [3.05, 3.63) is 59.1 Å². The van der Waals surface area contributed by atoms with Crippen molar-refractivity contribution >= 4 is 46.4 Å². The molecular weight excluding hydrogens is 479 g/mol. The molecule has 2 aliphatic rings. The van der Waals surface area contributed by atoms with Crippen molar-refractivity contribution in [3.8, 4) is 0 Å². The Morgan fingerprint density at radius 1 is 1.11 bits per heavy atom. The van der Waals surface area contributed by atoms with Crippen LogP contribution in [0.25, 0.3) is 10.9 Å². The van der Waals surface area contributed by atoms with Gasteiger partial charge in [0.05, 0.1) is 11.2 Å². The highest BCUT2D eigenvalue weighted by atomic mass is 32.1. The van der Waals surface area contributed by atoms with Crippen molar-refractivity contribution in [1.29, 1.82) is 0 Å². The number of fused-ring (bicyclic) bond motifs is 3. The van der Waals surface area contributed by atoms with Gasteiger partial charge in [-0.2, -0.15) is 0 Å². The third kappa shape index (κ3) is 5.10. The first kappa shape index (κ1) is 24.3. The van der Waals surface area contributed by atoms with Gasteiger partial charge in [-0.05, 0) is 55.9 Å². The van der Waals surface area contributed by atoms with Crippen molar-refractivity contribution in [1.82, 2.24) is 19.8 Å². The van der Waals surface area contributed by atoms with E-state index in [-0.39, 0.29) is 24.1 Å². The number of hydrogen-bond donors (Lipinski definition) is 2. The van der Waals surface area contributed by atoms with E-state index in [1.54, 1.807) is 10.6 Å². The van der Waals surface area contributed by atoms with Crippen molar-refractivity contribution in [2.75, 3.05) is 49.5 Å². The van der Waals surface area contributed by atoms with Gasteiger partial charge in [0, 0.05) is 44.5 Å². The first-order chi connectivity index (χ1) is 17.5. The number of benzene rings is 2. The molecule has 1 atom stereocenters.